The first kappa shape index (κ1) is 15.8. The van der Waals surface area contributed by atoms with Gasteiger partial charge < -0.3 is 10.1 Å². The van der Waals surface area contributed by atoms with E-state index < -0.39 is 0 Å². The van der Waals surface area contributed by atoms with Crippen molar-refractivity contribution in [1.29, 1.82) is 0 Å². The van der Waals surface area contributed by atoms with E-state index in [4.69, 9.17) is 4.74 Å². The number of unbranched alkanes of at least 4 members (excludes halogenated alkanes) is 1. The molecule has 1 N–H and O–H groups in total. The van der Waals surface area contributed by atoms with Gasteiger partial charge in [-0.3, -0.25) is 0 Å². The summed E-state index contributed by atoms with van der Waals surface area (Å²) in [6.45, 7) is 7.84. The summed E-state index contributed by atoms with van der Waals surface area (Å²) in [5.41, 5.74) is 0. The highest BCUT2D eigenvalue weighted by atomic mass is 16.5. The second-order valence-electron chi connectivity index (χ2n) is 4.82. The van der Waals surface area contributed by atoms with Crippen molar-refractivity contribution in [3.05, 3.63) is 43.0 Å². The molecule has 0 bridgehead atoms. The van der Waals surface area contributed by atoms with Crippen LogP contribution in [0.2, 0.25) is 0 Å². The minimum absolute atomic E-state index is 0.559. The first-order valence-electron chi connectivity index (χ1n) is 7.39. The molecule has 0 heterocycles. The molecule has 0 saturated heterocycles. The Hall–Kier alpha value is -1.28. The number of hydrogen-bond acceptors (Lipinski definition) is 2. The lowest BCUT2D eigenvalue weighted by Crippen LogP contribution is -2.31. The van der Waals surface area contributed by atoms with E-state index in [0.717, 1.165) is 31.7 Å². The van der Waals surface area contributed by atoms with Crippen LogP contribution < -0.4 is 10.1 Å². The van der Waals surface area contributed by atoms with Gasteiger partial charge in [0.1, 0.15) is 5.75 Å². The smallest absolute Gasteiger partial charge is 0.119 e. The zero-order chi connectivity index (χ0) is 13.8. The molecule has 106 valence electrons. The van der Waals surface area contributed by atoms with E-state index in [9.17, 15) is 0 Å². The highest BCUT2D eigenvalue weighted by molar-refractivity contribution is 5.20. The Morgan fingerprint density at radius 1 is 1.26 bits per heavy atom. The van der Waals surface area contributed by atoms with Crippen LogP contribution in [0.5, 0.6) is 5.75 Å². The summed E-state index contributed by atoms with van der Waals surface area (Å²) in [4.78, 5) is 0. The van der Waals surface area contributed by atoms with Crippen molar-refractivity contribution in [1.82, 2.24) is 5.32 Å². The molecule has 1 aromatic carbocycles. The molecule has 1 aromatic rings. The first-order valence-corrected chi connectivity index (χ1v) is 7.39. The number of ether oxygens (including phenoxy) is 1. The van der Waals surface area contributed by atoms with Gasteiger partial charge in [-0.15, -0.1) is 6.58 Å². The number of allylic oxidation sites excluding steroid dienone is 1. The molecule has 0 aliphatic carbocycles. The molecule has 0 amide bonds. The monoisotopic (exact) mass is 261 g/mol. The largest absolute Gasteiger partial charge is 0.494 e. The summed E-state index contributed by atoms with van der Waals surface area (Å²) in [6.07, 6.45) is 7.74. The minimum Gasteiger partial charge on any atom is -0.494 e. The zero-order valence-corrected chi connectivity index (χ0v) is 12.1. The van der Waals surface area contributed by atoms with Gasteiger partial charge in [-0.1, -0.05) is 31.2 Å². The van der Waals surface area contributed by atoms with Gasteiger partial charge >= 0.3 is 0 Å². The van der Waals surface area contributed by atoms with E-state index in [2.05, 4.69) is 18.8 Å². The molecule has 2 heteroatoms. The SMILES string of the molecule is C=CCCCC(CCOc1ccccc1)NCCC. The molecule has 2 nitrogen and oxygen atoms in total. The first-order chi connectivity index (χ1) is 9.36. The summed E-state index contributed by atoms with van der Waals surface area (Å²) < 4.78 is 5.76. The van der Waals surface area contributed by atoms with Gasteiger partial charge in [0.05, 0.1) is 6.61 Å². The summed E-state index contributed by atoms with van der Waals surface area (Å²) >= 11 is 0. The maximum absolute atomic E-state index is 5.76. The van der Waals surface area contributed by atoms with Crippen molar-refractivity contribution in [2.75, 3.05) is 13.2 Å². The highest BCUT2D eigenvalue weighted by Gasteiger charge is 2.07. The number of para-hydroxylation sites is 1. The third kappa shape index (κ3) is 7.68. The van der Waals surface area contributed by atoms with Crippen LogP contribution >= 0.6 is 0 Å². The molecule has 1 rings (SSSR count). The third-order valence-corrected chi connectivity index (χ3v) is 3.12. The van der Waals surface area contributed by atoms with Crippen LogP contribution in [0.3, 0.4) is 0 Å². The van der Waals surface area contributed by atoms with Gasteiger partial charge in [0.15, 0.2) is 0 Å². The maximum atomic E-state index is 5.76. The number of rotatable bonds is 11. The highest BCUT2D eigenvalue weighted by Crippen LogP contribution is 2.11. The third-order valence-electron chi connectivity index (χ3n) is 3.12. The standard InChI is InChI=1S/C17H27NO/c1-3-5-7-10-16(18-14-4-2)13-15-19-17-11-8-6-9-12-17/h3,6,8-9,11-12,16,18H,1,4-5,7,10,13-15H2,2H3. The van der Waals surface area contributed by atoms with Crippen LogP contribution in [0, 0.1) is 0 Å². The molecule has 0 saturated carbocycles. The number of nitrogens with one attached hydrogen (secondary N) is 1. The Kier molecular flexibility index (Phi) is 8.82. The van der Waals surface area contributed by atoms with Crippen molar-refractivity contribution in [2.45, 2.75) is 45.1 Å². The lowest BCUT2D eigenvalue weighted by Gasteiger charge is -2.18. The van der Waals surface area contributed by atoms with Crippen molar-refractivity contribution in [3.63, 3.8) is 0 Å². The molecule has 0 radical (unpaired) electrons. The second kappa shape index (κ2) is 10.6. The summed E-state index contributed by atoms with van der Waals surface area (Å²) in [5.74, 6) is 0.961. The van der Waals surface area contributed by atoms with Crippen molar-refractivity contribution >= 4 is 0 Å². The summed E-state index contributed by atoms with van der Waals surface area (Å²) in [5, 5.41) is 3.60. The summed E-state index contributed by atoms with van der Waals surface area (Å²) in [6, 6.07) is 10.6. The van der Waals surface area contributed by atoms with Crippen LogP contribution in [0.1, 0.15) is 39.0 Å². The fourth-order valence-electron chi connectivity index (χ4n) is 2.04. The predicted octanol–water partition coefficient (Wildman–Crippen LogP) is 4.18. The fraction of sp³-hybridized carbons (Fsp3) is 0.529. The zero-order valence-electron chi connectivity index (χ0n) is 12.1. The number of hydrogen-bond donors (Lipinski definition) is 1. The Bertz CT molecular complexity index is 323. The molecule has 19 heavy (non-hydrogen) atoms. The van der Waals surface area contributed by atoms with Gasteiger partial charge in [-0.05, 0) is 50.8 Å². The molecular weight excluding hydrogens is 234 g/mol. The van der Waals surface area contributed by atoms with Gasteiger partial charge in [-0.2, -0.15) is 0 Å². The second-order valence-corrected chi connectivity index (χ2v) is 4.82. The molecule has 0 spiro atoms. The van der Waals surface area contributed by atoms with Crippen molar-refractivity contribution < 1.29 is 4.74 Å². The normalized spacial score (nSPS) is 12.1. The van der Waals surface area contributed by atoms with Crippen molar-refractivity contribution in [3.8, 4) is 5.75 Å². The van der Waals surface area contributed by atoms with E-state index in [1.165, 1.54) is 19.3 Å². The van der Waals surface area contributed by atoms with E-state index in [-0.39, 0.29) is 0 Å². The van der Waals surface area contributed by atoms with E-state index in [1.807, 2.05) is 36.4 Å². The average molecular weight is 261 g/mol. The van der Waals surface area contributed by atoms with Crippen LogP contribution in [0.4, 0.5) is 0 Å². The Balaban J connectivity index is 2.24. The van der Waals surface area contributed by atoms with E-state index in [0.29, 0.717) is 6.04 Å². The molecule has 1 atom stereocenters. The van der Waals surface area contributed by atoms with Gasteiger partial charge in [0.2, 0.25) is 0 Å². The lowest BCUT2D eigenvalue weighted by atomic mass is 10.1. The van der Waals surface area contributed by atoms with Crippen molar-refractivity contribution in [2.24, 2.45) is 0 Å². The van der Waals surface area contributed by atoms with Crippen LogP contribution in [-0.2, 0) is 0 Å². The predicted molar refractivity (Wildman–Crippen MR) is 82.7 cm³/mol. The van der Waals surface area contributed by atoms with Crippen LogP contribution in [-0.4, -0.2) is 19.2 Å². The maximum Gasteiger partial charge on any atom is 0.119 e. The summed E-state index contributed by atoms with van der Waals surface area (Å²) in [7, 11) is 0. The van der Waals surface area contributed by atoms with Gasteiger partial charge in [-0.25, -0.2) is 0 Å². The van der Waals surface area contributed by atoms with E-state index >= 15 is 0 Å². The Morgan fingerprint density at radius 2 is 2.05 bits per heavy atom. The number of benzene rings is 1. The topological polar surface area (TPSA) is 21.3 Å². The molecule has 0 aromatic heterocycles. The fourth-order valence-corrected chi connectivity index (χ4v) is 2.04. The Labute approximate surface area is 117 Å². The van der Waals surface area contributed by atoms with Crippen LogP contribution in [0.15, 0.2) is 43.0 Å². The van der Waals surface area contributed by atoms with Crippen LogP contribution in [0.25, 0.3) is 0 Å². The average Bonchev–Trinajstić information content (AvgIpc) is 2.45. The van der Waals surface area contributed by atoms with Gasteiger partial charge in [0.25, 0.3) is 0 Å². The molecule has 1 unspecified atom stereocenters. The lowest BCUT2D eigenvalue weighted by molar-refractivity contribution is 0.279. The molecule has 0 fully saturated rings. The quantitative estimate of drug-likeness (QED) is 0.476. The molecule has 0 aliphatic rings. The molecular formula is C17H27NO. The minimum atomic E-state index is 0.559. The van der Waals surface area contributed by atoms with E-state index in [1.54, 1.807) is 0 Å². The Morgan fingerprint density at radius 3 is 2.74 bits per heavy atom. The molecule has 0 aliphatic heterocycles. The van der Waals surface area contributed by atoms with Gasteiger partial charge in [0, 0.05) is 6.04 Å².